The summed E-state index contributed by atoms with van der Waals surface area (Å²) >= 11 is 0. The summed E-state index contributed by atoms with van der Waals surface area (Å²) in [5, 5.41) is 2.84. The number of hydrogen-bond donors (Lipinski definition) is 1. The van der Waals surface area contributed by atoms with Gasteiger partial charge in [-0.25, -0.2) is 4.79 Å². The lowest BCUT2D eigenvalue weighted by Crippen LogP contribution is -2.53. The molecule has 150 valence electrons. The van der Waals surface area contributed by atoms with Crippen molar-refractivity contribution in [3.05, 3.63) is 34.4 Å². The number of ketones is 1. The van der Waals surface area contributed by atoms with Crippen molar-refractivity contribution in [3.8, 4) is 0 Å². The van der Waals surface area contributed by atoms with E-state index in [0.29, 0.717) is 44.5 Å². The summed E-state index contributed by atoms with van der Waals surface area (Å²) in [6, 6.07) is 3.29. The Morgan fingerprint density at radius 3 is 2.25 bits per heavy atom. The third-order valence-corrected chi connectivity index (χ3v) is 6.37. The van der Waals surface area contributed by atoms with Crippen molar-refractivity contribution in [3.63, 3.8) is 0 Å². The molecule has 3 aliphatic rings. The van der Waals surface area contributed by atoms with Crippen LogP contribution in [-0.4, -0.2) is 53.7 Å². The molecule has 1 aliphatic carbocycles. The van der Waals surface area contributed by atoms with Gasteiger partial charge >= 0.3 is 6.03 Å². The van der Waals surface area contributed by atoms with E-state index in [1.165, 1.54) is 0 Å². The van der Waals surface area contributed by atoms with E-state index in [1.807, 2.05) is 32.9 Å². The normalized spacial score (nSPS) is 22.9. The zero-order valence-electron chi connectivity index (χ0n) is 16.6. The third-order valence-electron chi connectivity index (χ3n) is 6.37. The minimum Gasteiger partial charge on any atom is -0.348 e. The number of carbonyl (C=O) groups excluding carboxylic acids is 3. The van der Waals surface area contributed by atoms with Crippen LogP contribution in [-0.2, 0) is 14.3 Å². The number of urea groups is 1. The lowest BCUT2D eigenvalue weighted by molar-refractivity contribution is -0.186. The van der Waals surface area contributed by atoms with E-state index in [0.717, 1.165) is 21.6 Å². The van der Waals surface area contributed by atoms with Crippen LogP contribution in [0.4, 0.5) is 4.79 Å². The highest BCUT2D eigenvalue weighted by atomic mass is 16.7. The largest absolute Gasteiger partial charge is 0.348 e. The maximum absolute atomic E-state index is 13.1. The van der Waals surface area contributed by atoms with Gasteiger partial charge < -0.3 is 14.8 Å². The smallest absolute Gasteiger partial charge is 0.325 e. The number of aryl methyl sites for hydroxylation is 3. The van der Waals surface area contributed by atoms with Crippen molar-refractivity contribution in [2.45, 2.75) is 57.8 Å². The number of Topliss-reactive ketones (excluding diaryl/α,β-unsaturated/α-hetero) is 1. The van der Waals surface area contributed by atoms with E-state index in [4.69, 9.17) is 9.47 Å². The van der Waals surface area contributed by atoms with Gasteiger partial charge in [0, 0.05) is 18.4 Å². The molecule has 7 nitrogen and oxygen atoms in total. The van der Waals surface area contributed by atoms with Crippen LogP contribution in [0, 0.1) is 20.8 Å². The molecular formula is C21H26N2O5. The third kappa shape index (κ3) is 3.02. The SMILES string of the molecule is Cc1cc(C)c(C(=O)CN2C(=O)NC3(CCC4(CC3)OCCO4)C2=O)cc1C. The second kappa shape index (κ2) is 6.67. The van der Waals surface area contributed by atoms with Crippen molar-refractivity contribution in [1.29, 1.82) is 0 Å². The Balaban J connectivity index is 1.49. The molecule has 2 aliphatic heterocycles. The highest BCUT2D eigenvalue weighted by Gasteiger charge is 2.56. The molecule has 28 heavy (non-hydrogen) atoms. The van der Waals surface area contributed by atoms with E-state index in [9.17, 15) is 14.4 Å². The van der Waals surface area contributed by atoms with Crippen LogP contribution in [0.5, 0.6) is 0 Å². The summed E-state index contributed by atoms with van der Waals surface area (Å²) in [6.07, 6.45) is 2.00. The number of rotatable bonds is 3. The molecule has 7 heteroatoms. The van der Waals surface area contributed by atoms with Gasteiger partial charge in [-0.1, -0.05) is 6.07 Å². The number of nitrogens with zero attached hydrogens (tertiary/aromatic N) is 1. The lowest BCUT2D eigenvalue weighted by Gasteiger charge is -2.39. The Bertz CT molecular complexity index is 847. The van der Waals surface area contributed by atoms with Crippen molar-refractivity contribution in [1.82, 2.24) is 10.2 Å². The second-order valence-corrected chi connectivity index (χ2v) is 8.19. The van der Waals surface area contributed by atoms with Crippen LogP contribution in [0.15, 0.2) is 12.1 Å². The average molecular weight is 386 g/mol. The number of ether oxygens (including phenoxy) is 2. The quantitative estimate of drug-likeness (QED) is 0.637. The van der Waals surface area contributed by atoms with E-state index >= 15 is 0 Å². The van der Waals surface area contributed by atoms with Crippen LogP contribution in [0.1, 0.15) is 52.7 Å². The Morgan fingerprint density at radius 2 is 1.61 bits per heavy atom. The van der Waals surface area contributed by atoms with Gasteiger partial charge in [-0.2, -0.15) is 0 Å². The van der Waals surface area contributed by atoms with Crippen molar-refractivity contribution in [2.75, 3.05) is 19.8 Å². The first kappa shape index (κ1) is 19.1. The first-order valence-corrected chi connectivity index (χ1v) is 9.78. The minimum absolute atomic E-state index is 0.226. The summed E-state index contributed by atoms with van der Waals surface area (Å²) in [5.74, 6) is -1.16. The van der Waals surface area contributed by atoms with Crippen LogP contribution in [0.2, 0.25) is 0 Å². The molecule has 2 heterocycles. The zero-order valence-corrected chi connectivity index (χ0v) is 16.6. The lowest BCUT2D eigenvalue weighted by atomic mass is 9.78. The topological polar surface area (TPSA) is 84.9 Å². The van der Waals surface area contributed by atoms with Gasteiger partial charge in [0.1, 0.15) is 5.54 Å². The number of benzene rings is 1. The molecule has 3 fully saturated rings. The molecular weight excluding hydrogens is 360 g/mol. The van der Waals surface area contributed by atoms with Crippen LogP contribution < -0.4 is 5.32 Å². The first-order chi connectivity index (χ1) is 13.3. The molecule has 0 unspecified atom stereocenters. The number of amides is 3. The summed E-state index contributed by atoms with van der Waals surface area (Å²) in [5.41, 5.74) is 2.58. The number of nitrogens with one attached hydrogen (secondary N) is 1. The Hall–Kier alpha value is -2.25. The van der Waals surface area contributed by atoms with Gasteiger partial charge in [0.25, 0.3) is 5.91 Å². The Morgan fingerprint density at radius 1 is 1.00 bits per heavy atom. The fourth-order valence-electron chi connectivity index (χ4n) is 4.49. The molecule has 3 amide bonds. The molecule has 1 aromatic rings. The maximum Gasteiger partial charge on any atom is 0.325 e. The first-order valence-electron chi connectivity index (χ1n) is 9.78. The van der Waals surface area contributed by atoms with E-state index < -0.39 is 17.4 Å². The number of hydrogen-bond acceptors (Lipinski definition) is 5. The highest BCUT2D eigenvalue weighted by molar-refractivity contribution is 6.11. The fraction of sp³-hybridized carbons (Fsp3) is 0.571. The molecule has 0 bridgehead atoms. The van der Waals surface area contributed by atoms with Crippen molar-refractivity contribution in [2.24, 2.45) is 0 Å². The standard InChI is InChI=1S/C21H26N2O5/c1-13-10-15(3)16(11-14(13)2)17(24)12-23-18(25)20(22-19(23)26)4-6-21(7-5-20)27-8-9-28-21/h10-11H,4-9,12H2,1-3H3,(H,22,26). The number of carbonyl (C=O) groups is 3. The monoisotopic (exact) mass is 386 g/mol. The van der Waals surface area contributed by atoms with E-state index in [2.05, 4.69) is 5.32 Å². The molecule has 1 saturated carbocycles. The van der Waals surface area contributed by atoms with Gasteiger partial charge in [-0.3, -0.25) is 14.5 Å². The van der Waals surface area contributed by atoms with Crippen LogP contribution >= 0.6 is 0 Å². The molecule has 4 rings (SSSR count). The second-order valence-electron chi connectivity index (χ2n) is 8.19. The van der Waals surface area contributed by atoms with E-state index in [1.54, 1.807) is 0 Å². The van der Waals surface area contributed by atoms with Gasteiger partial charge in [-0.05, 0) is 56.4 Å². The molecule has 1 N–H and O–H groups in total. The van der Waals surface area contributed by atoms with Gasteiger partial charge in [0.15, 0.2) is 11.6 Å². The van der Waals surface area contributed by atoms with Crippen LogP contribution in [0.3, 0.4) is 0 Å². The molecule has 2 spiro atoms. The van der Waals surface area contributed by atoms with Gasteiger partial charge in [0.05, 0.1) is 19.8 Å². The maximum atomic E-state index is 13.1. The number of imide groups is 1. The van der Waals surface area contributed by atoms with Crippen LogP contribution in [0.25, 0.3) is 0 Å². The molecule has 0 radical (unpaired) electrons. The molecule has 2 saturated heterocycles. The van der Waals surface area contributed by atoms with Gasteiger partial charge in [0.2, 0.25) is 0 Å². The fourth-order valence-corrected chi connectivity index (χ4v) is 4.49. The summed E-state index contributed by atoms with van der Waals surface area (Å²) < 4.78 is 11.4. The Labute approximate surface area is 164 Å². The summed E-state index contributed by atoms with van der Waals surface area (Å²) in [4.78, 5) is 39.5. The summed E-state index contributed by atoms with van der Waals surface area (Å²) in [7, 11) is 0. The molecule has 0 atom stereocenters. The molecule has 0 aromatic heterocycles. The Kier molecular flexibility index (Phi) is 4.55. The van der Waals surface area contributed by atoms with Crippen molar-refractivity contribution >= 4 is 17.7 Å². The predicted molar refractivity (Wildman–Crippen MR) is 101 cm³/mol. The highest BCUT2D eigenvalue weighted by Crippen LogP contribution is 2.42. The average Bonchev–Trinajstić information content (AvgIpc) is 3.20. The minimum atomic E-state index is -0.948. The van der Waals surface area contributed by atoms with Crippen molar-refractivity contribution < 1.29 is 23.9 Å². The van der Waals surface area contributed by atoms with Gasteiger partial charge in [-0.15, -0.1) is 0 Å². The predicted octanol–water partition coefficient (Wildman–Crippen LogP) is 2.40. The zero-order chi connectivity index (χ0) is 20.1. The summed E-state index contributed by atoms with van der Waals surface area (Å²) in [6.45, 7) is 6.68. The molecule has 1 aromatic carbocycles. The van der Waals surface area contributed by atoms with E-state index in [-0.39, 0.29) is 18.2 Å².